The number of hydrogen-bond acceptors (Lipinski definition) is 4. The average molecular weight is 389 g/mol. The van der Waals surface area contributed by atoms with Crippen LogP contribution in [0.1, 0.15) is 34.6 Å². The van der Waals surface area contributed by atoms with E-state index in [2.05, 4.69) is 10.6 Å². The number of nitrogens with one attached hydrogen (secondary N) is 2. The predicted octanol–water partition coefficient (Wildman–Crippen LogP) is 3.52. The zero-order chi connectivity index (χ0) is 19.8. The van der Waals surface area contributed by atoms with Crippen LogP contribution < -0.4 is 10.6 Å². The van der Waals surface area contributed by atoms with Crippen LogP contribution in [0.2, 0.25) is 5.02 Å². The minimum absolute atomic E-state index is 0.253. The van der Waals surface area contributed by atoms with E-state index in [0.29, 0.717) is 28.7 Å². The molecule has 0 atom stereocenters. The molecule has 0 radical (unpaired) electrons. The Labute approximate surface area is 162 Å². The molecule has 2 N–H and O–H groups in total. The standard InChI is InChI=1S/C20H21ClN2O4/c1-13(2)11-22-19(25)16-8-3-4-9-17(16)23-18(24)12-27-20(26)14-6-5-7-15(21)10-14/h3-10,13H,11-12H2,1-2H3,(H,22,25)(H,23,24). The molecule has 142 valence electrons. The lowest BCUT2D eigenvalue weighted by Gasteiger charge is -2.12. The summed E-state index contributed by atoms with van der Waals surface area (Å²) in [5, 5.41) is 5.79. The van der Waals surface area contributed by atoms with Crippen molar-refractivity contribution in [3.8, 4) is 0 Å². The van der Waals surface area contributed by atoms with Gasteiger partial charge >= 0.3 is 5.97 Å². The number of amides is 2. The Morgan fingerprint density at radius 2 is 1.81 bits per heavy atom. The minimum atomic E-state index is -0.657. The summed E-state index contributed by atoms with van der Waals surface area (Å²) in [5.74, 6) is -1.18. The summed E-state index contributed by atoms with van der Waals surface area (Å²) >= 11 is 5.83. The van der Waals surface area contributed by atoms with Crippen LogP contribution in [0.25, 0.3) is 0 Å². The number of hydrogen-bond donors (Lipinski definition) is 2. The lowest BCUT2D eigenvalue weighted by atomic mass is 10.1. The summed E-state index contributed by atoms with van der Waals surface area (Å²) in [6, 6.07) is 12.9. The Morgan fingerprint density at radius 3 is 2.52 bits per heavy atom. The monoisotopic (exact) mass is 388 g/mol. The van der Waals surface area contributed by atoms with E-state index in [1.54, 1.807) is 42.5 Å². The second-order valence-electron chi connectivity index (χ2n) is 6.28. The fourth-order valence-electron chi connectivity index (χ4n) is 2.20. The van der Waals surface area contributed by atoms with Gasteiger partial charge in [0.15, 0.2) is 6.61 Å². The van der Waals surface area contributed by atoms with Crippen molar-refractivity contribution >= 4 is 35.1 Å². The maximum absolute atomic E-state index is 12.3. The molecule has 0 unspecified atom stereocenters. The number of benzene rings is 2. The van der Waals surface area contributed by atoms with Gasteiger partial charge in [0, 0.05) is 11.6 Å². The maximum atomic E-state index is 12.3. The molecule has 6 nitrogen and oxygen atoms in total. The lowest BCUT2D eigenvalue weighted by Crippen LogP contribution is -2.29. The second-order valence-corrected chi connectivity index (χ2v) is 6.72. The fourth-order valence-corrected chi connectivity index (χ4v) is 2.39. The van der Waals surface area contributed by atoms with Gasteiger partial charge in [0.2, 0.25) is 0 Å². The molecule has 0 aromatic heterocycles. The van der Waals surface area contributed by atoms with E-state index in [9.17, 15) is 14.4 Å². The highest BCUT2D eigenvalue weighted by Gasteiger charge is 2.15. The molecule has 2 aromatic carbocycles. The number of para-hydroxylation sites is 1. The highest BCUT2D eigenvalue weighted by molar-refractivity contribution is 6.30. The normalized spacial score (nSPS) is 10.4. The Balaban J connectivity index is 1.95. The lowest BCUT2D eigenvalue weighted by molar-refractivity contribution is -0.119. The van der Waals surface area contributed by atoms with Crippen LogP contribution in [-0.2, 0) is 9.53 Å². The van der Waals surface area contributed by atoms with E-state index in [0.717, 1.165) is 0 Å². The van der Waals surface area contributed by atoms with E-state index >= 15 is 0 Å². The first kappa shape index (κ1) is 20.5. The number of carbonyl (C=O) groups is 3. The van der Waals surface area contributed by atoms with E-state index < -0.39 is 18.5 Å². The van der Waals surface area contributed by atoms with Crippen LogP contribution >= 0.6 is 11.6 Å². The third-order valence-corrected chi connectivity index (χ3v) is 3.75. The Morgan fingerprint density at radius 1 is 1.07 bits per heavy atom. The van der Waals surface area contributed by atoms with Crippen molar-refractivity contribution < 1.29 is 19.1 Å². The zero-order valence-electron chi connectivity index (χ0n) is 15.1. The molecule has 0 spiro atoms. The fraction of sp³-hybridized carbons (Fsp3) is 0.250. The van der Waals surface area contributed by atoms with Crippen LogP contribution in [0, 0.1) is 5.92 Å². The molecule has 2 amide bonds. The zero-order valence-corrected chi connectivity index (χ0v) is 15.9. The smallest absolute Gasteiger partial charge is 0.338 e. The van der Waals surface area contributed by atoms with E-state index in [4.69, 9.17) is 16.3 Å². The molecule has 0 saturated carbocycles. The van der Waals surface area contributed by atoms with Crippen molar-refractivity contribution in [2.75, 3.05) is 18.5 Å². The number of halogens is 1. The van der Waals surface area contributed by atoms with Crippen LogP contribution in [-0.4, -0.2) is 30.9 Å². The number of rotatable bonds is 7. The van der Waals surface area contributed by atoms with Gasteiger partial charge in [0.25, 0.3) is 11.8 Å². The number of carbonyl (C=O) groups excluding carboxylic acids is 3. The van der Waals surface area contributed by atoms with Crippen LogP contribution in [0.3, 0.4) is 0 Å². The van der Waals surface area contributed by atoms with Gasteiger partial charge < -0.3 is 15.4 Å². The number of esters is 1. The predicted molar refractivity (Wildman–Crippen MR) is 104 cm³/mol. The number of ether oxygens (including phenoxy) is 1. The molecule has 0 saturated heterocycles. The van der Waals surface area contributed by atoms with E-state index in [1.165, 1.54) is 6.07 Å². The minimum Gasteiger partial charge on any atom is -0.452 e. The summed E-state index contributed by atoms with van der Waals surface area (Å²) in [5.41, 5.74) is 0.944. The van der Waals surface area contributed by atoms with Crippen molar-refractivity contribution in [3.05, 3.63) is 64.7 Å². The van der Waals surface area contributed by atoms with Crippen LogP contribution in [0.5, 0.6) is 0 Å². The van der Waals surface area contributed by atoms with Gasteiger partial charge in [-0.1, -0.05) is 43.6 Å². The third kappa shape index (κ3) is 6.42. The molecule has 0 aliphatic rings. The molecule has 0 aliphatic carbocycles. The average Bonchev–Trinajstić information content (AvgIpc) is 2.64. The second kappa shape index (κ2) is 9.73. The first-order valence-corrected chi connectivity index (χ1v) is 8.84. The van der Waals surface area contributed by atoms with Crippen molar-refractivity contribution in [1.82, 2.24) is 5.32 Å². The first-order valence-electron chi connectivity index (χ1n) is 8.46. The Kier molecular flexibility index (Phi) is 7.37. The summed E-state index contributed by atoms with van der Waals surface area (Å²) < 4.78 is 4.99. The maximum Gasteiger partial charge on any atom is 0.338 e. The molecule has 0 fully saturated rings. The third-order valence-electron chi connectivity index (χ3n) is 3.51. The quantitative estimate of drug-likeness (QED) is 0.711. The molecule has 2 rings (SSSR count). The molecule has 0 bridgehead atoms. The first-order chi connectivity index (χ1) is 12.9. The van der Waals surface area contributed by atoms with Crippen LogP contribution in [0.4, 0.5) is 5.69 Å². The van der Waals surface area contributed by atoms with Gasteiger partial charge in [-0.25, -0.2) is 4.79 Å². The molecular weight excluding hydrogens is 368 g/mol. The SMILES string of the molecule is CC(C)CNC(=O)c1ccccc1NC(=O)COC(=O)c1cccc(Cl)c1. The van der Waals surface area contributed by atoms with E-state index in [1.807, 2.05) is 13.8 Å². The summed E-state index contributed by atoms with van der Waals surface area (Å²) in [6.07, 6.45) is 0. The Bertz CT molecular complexity index is 836. The molecule has 0 heterocycles. The molecule has 7 heteroatoms. The molecular formula is C20H21ClN2O4. The number of anilines is 1. The highest BCUT2D eigenvalue weighted by Crippen LogP contribution is 2.15. The molecule has 27 heavy (non-hydrogen) atoms. The van der Waals surface area contributed by atoms with Crippen molar-refractivity contribution in [2.24, 2.45) is 5.92 Å². The highest BCUT2D eigenvalue weighted by atomic mass is 35.5. The van der Waals surface area contributed by atoms with Crippen molar-refractivity contribution in [1.29, 1.82) is 0 Å². The van der Waals surface area contributed by atoms with Gasteiger partial charge in [-0.15, -0.1) is 0 Å². The molecule has 0 aliphatic heterocycles. The van der Waals surface area contributed by atoms with Crippen molar-refractivity contribution in [3.63, 3.8) is 0 Å². The summed E-state index contributed by atoms with van der Waals surface area (Å²) in [6.45, 7) is 4.02. The van der Waals surface area contributed by atoms with Crippen molar-refractivity contribution in [2.45, 2.75) is 13.8 Å². The molecule has 2 aromatic rings. The van der Waals surface area contributed by atoms with Gasteiger partial charge in [-0.2, -0.15) is 0 Å². The topological polar surface area (TPSA) is 84.5 Å². The summed E-state index contributed by atoms with van der Waals surface area (Å²) in [4.78, 5) is 36.3. The largest absolute Gasteiger partial charge is 0.452 e. The van der Waals surface area contributed by atoms with Crippen LogP contribution in [0.15, 0.2) is 48.5 Å². The summed E-state index contributed by atoms with van der Waals surface area (Å²) in [7, 11) is 0. The Hall–Kier alpha value is -2.86. The van der Waals surface area contributed by atoms with Gasteiger partial charge in [-0.05, 0) is 36.2 Å². The van der Waals surface area contributed by atoms with Gasteiger partial charge in [-0.3, -0.25) is 9.59 Å². The van der Waals surface area contributed by atoms with Gasteiger partial charge in [0.05, 0.1) is 16.8 Å². The van der Waals surface area contributed by atoms with Gasteiger partial charge in [0.1, 0.15) is 0 Å². The van der Waals surface area contributed by atoms with E-state index in [-0.39, 0.29) is 11.5 Å².